The third kappa shape index (κ3) is 2.47. The first-order valence-corrected chi connectivity index (χ1v) is 4.72. The fourth-order valence-corrected chi connectivity index (χ4v) is 1.43. The second kappa shape index (κ2) is 4.98. The highest BCUT2D eigenvalue weighted by molar-refractivity contribution is 5.39. The van der Waals surface area contributed by atoms with Gasteiger partial charge in [-0.1, -0.05) is 26.0 Å². The monoisotopic (exact) mass is 195 g/mol. The second-order valence-electron chi connectivity index (χ2n) is 3.57. The minimum Gasteiger partial charge on any atom is -0.496 e. The summed E-state index contributed by atoms with van der Waals surface area (Å²) in [7, 11) is 1.66. The van der Waals surface area contributed by atoms with Gasteiger partial charge in [0.15, 0.2) is 0 Å². The van der Waals surface area contributed by atoms with Gasteiger partial charge in [0.1, 0.15) is 5.75 Å². The van der Waals surface area contributed by atoms with Gasteiger partial charge in [0.25, 0.3) is 0 Å². The zero-order valence-corrected chi connectivity index (χ0v) is 8.87. The van der Waals surface area contributed by atoms with Crippen LogP contribution in [0.4, 0.5) is 0 Å². The van der Waals surface area contributed by atoms with Gasteiger partial charge in [-0.3, -0.25) is 0 Å². The lowest BCUT2D eigenvalue weighted by Gasteiger charge is -2.12. The quantitative estimate of drug-likeness (QED) is 0.724. The Hall–Kier alpha value is -1.06. The van der Waals surface area contributed by atoms with E-state index in [0.717, 1.165) is 11.3 Å². The van der Waals surface area contributed by atoms with Crippen LogP contribution in [0.2, 0.25) is 0 Å². The van der Waals surface area contributed by atoms with Crippen LogP contribution in [-0.4, -0.2) is 12.3 Å². The molecule has 0 atom stereocenters. The summed E-state index contributed by atoms with van der Waals surface area (Å²) in [5.74, 6) is 1.33. The fraction of sp³-hybridized carbons (Fsp3) is 0.455. The molecule has 0 heterocycles. The molecule has 0 saturated carbocycles. The summed E-state index contributed by atoms with van der Waals surface area (Å²) in [6, 6.07) is 5.97. The Morgan fingerprint density at radius 3 is 2.64 bits per heavy atom. The molecule has 0 aliphatic heterocycles. The van der Waals surface area contributed by atoms with Crippen LogP contribution in [0.15, 0.2) is 18.2 Å². The Labute approximate surface area is 84.7 Å². The zero-order valence-electron chi connectivity index (χ0n) is 8.87. The highest BCUT2D eigenvalue weighted by Crippen LogP contribution is 2.27. The lowest BCUT2D eigenvalue weighted by molar-refractivity contribution is 0.161. The van der Waals surface area contributed by atoms with Crippen LogP contribution in [0.25, 0.3) is 0 Å². The molecule has 0 aliphatic rings. The second-order valence-corrected chi connectivity index (χ2v) is 3.57. The van der Waals surface area contributed by atoms with Gasteiger partial charge in [-0.15, -0.1) is 0 Å². The third-order valence-electron chi connectivity index (χ3n) is 2.20. The number of hydrogen-bond donors (Lipinski definition) is 2. The maximum Gasteiger partial charge on any atom is 0.122 e. The summed E-state index contributed by atoms with van der Waals surface area (Å²) in [4.78, 5) is 0. The third-order valence-corrected chi connectivity index (χ3v) is 2.20. The molecule has 0 bridgehead atoms. The molecule has 78 valence electrons. The number of ether oxygens (including phenoxy) is 1. The summed E-state index contributed by atoms with van der Waals surface area (Å²) in [6.45, 7) is 4.69. The first-order valence-electron chi connectivity index (χ1n) is 4.72. The molecule has 0 amide bonds. The normalized spacial score (nSPS) is 10.6. The number of nitrogens with one attached hydrogen (secondary N) is 1. The summed E-state index contributed by atoms with van der Waals surface area (Å²) in [6.07, 6.45) is 0. The van der Waals surface area contributed by atoms with Crippen LogP contribution in [0, 0.1) is 0 Å². The van der Waals surface area contributed by atoms with Crippen molar-refractivity contribution in [3.8, 4) is 5.75 Å². The van der Waals surface area contributed by atoms with Gasteiger partial charge in [-0.25, -0.2) is 5.48 Å². The molecule has 0 saturated heterocycles. The molecule has 2 N–H and O–H groups in total. The van der Waals surface area contributed by atoms with E-state index in [1.807, 2.05) is 18.2 Å². The van der Waals surface area contributed by atoms with E-state index in [4.69, 9.17) is 9.94 Å². The van der Waals surface area contributed by atoms with Crippen molar-refractivity contribution in [1.29, 1.82) is 0 Å². The molecular formula is C11H17NO2. The molecule has 0 radical (unpaired) electrons. The summed E-state index contributed by atoms with van der Waals surface area (Å²) in [5, 5.41) is 8.57. The van der Waals surface area contributed by atoms with Crippen LogP contribution in [0.1, 0.15) is 30.9 Å². The van der Waals surface area contributed by atoms with Crippen molar-refractivity contribution in [2.75, 3.05) is 7.11 Å². The van der Waals surface area contributed by atoms with Crippen molar-refractivity contribution < 1.29 is 9.94 Å². The fourth-order valence-electron chi connectivity index (χ4n) is 1.43. The van der Waals surface area contributed by atoms with Gasteiger partial charge in [-0.2, -0.15) is 0 Å². The number of hydrogen-bond acceptors (Lipinski definition) is 3. The van der Waals surface area contributed by atoms with Crippen molar-refractivity contribution in [2.24, 2.45) is 0 Å². The zero-order chi connectivity index (χ0) is 10.6. The van der Waals surface area contributed by atoms with E-state index in [0.29, 0.717) is 12.5 Å². The molecule has 3 nitrogen and oxygen atoms in total. The predicted octanol–water partition coefficient (Wildman–Crippen LogP) is 2.30. The van der Waals surface area contributed by atoms with E-state index < -0.39 is 0 Å². The number of hydroxylamine groups is 1. The van der Waals surface area contributed by atoms with Crippen LogP contribution < -0.4 is 10.2 Å². The van der Waals surface area contributed by atoms with Crippen molar-refractivity contribution >= 4 is 0 Å². The standard InChI is InChI=1S/C11H17NO2/c1-8(2)10-5-4-9(7-12-13)6-11(10)14-3/h4-6,8,12-13H,7H2,1-3H3. The molecule has 0 aromatic heterocycles. The summed E-state index contributed by atoms with van der Waals surface area (Å²) >= 11 is 0. The van der Waals surface area contributed by atoms with Crippen molar-refractivity contribution in [3.63, 3.8) is 0 Å². The molecule has 14 heavy (non-hydrogen) atoms. The molecule has 1 rings (SSSR count). The largest absolute Gasteiger partial charge is 0.496 e. The minimum absolute atomic E-state index is 0.439. The van der Waals surface area contributed by atoms with Gasteiger partial charge in [0.05, 0.1) is 7.11 Å². The maximum absolute atomic E-state index is 8.57. The molecule has 0 fully saturated rings. The van der Waals surface area contributed by atoms with Crippen molar-refractivity contribution in [3.05, 3.63) is 29.3 Å². The van der Waals surface area contributed by atoms with E-state index in [2.05, 4.69) is 19.3 Å². The minimum atomic E-state index is 0.439. The highest BCUT2D eigenvalue weighted by Gasteiger charge is 2.07. The lowest BCUT2D eigenvalue weighted by Crippen LogP contribution is -2.06. The van der Waals surface area contributed by atoms with E-state index in [1.165, 1.54) is 5.56 Å². The van der Waals surface area contributed by atoms with E-state index in [9.17, 15) is 0 Å². The van der Waals surface area contributed by atoms with Gasteiger partial charge in [0.2, 0.25) is 0 Å². The Morgan fingerprint density at radius 1 is 1.43 bits per heavy atom. The van der Waals surface area contributed by atoms with Gasteiger partial charge >= 0.3 is 0 Å². The molecule has 1 aromatic rings. The predicted molar refractivity (Wildman–Crippen MR) is 55.7 cm³/mol. The molecule has 1 aromatic carbocycles. The first-order chi connectivity index (χ1) is 6.69. The van der Waals surface area contributed by atoms with E-state index in [-0.39, 0.29) is 0 Å². The van der Waals surface area contributed by atoms with E-state index >= 15 is 0 Å². The molecule has 0 spiro atoms. The maximum atomic E-state index is 8.57. The molecular weight excluding hydrogens is 178 g/mol. The van der Waals surface area contributed by atoms with Crippen LogP contribution in [-0.2, 0) is 6.54 Å². The molecule has 0 unspecified atom stereocenters. The van der Waals surface area contributed by atoms with Gasteiger partial charge in [-0.05, 0) is 23.1 Å². The summed E-state index contributed by atoms with van der Waals surface area (Å²) < 4.78 is 5.28. The smallest absolute Gasteiger partial charge is 0.122 e. The van der Waals surface area contributed by atoms with Crippen LogP contribution in [0.5, 0.6) is 5.75 Å². The lowest BCUT2D eigenvalue weighted by atomic mass is 10.0. The average Bonchev–Trinajstić information content (AvgIpc) is 2.17. The highest BCUT2D eigenvalue weighted by atomic mass is 16.5. The number of methoxy groups -OCH3 is 1. The Kier molecular flexibility index (Phi) is 3.92. The van der Waals surface area contributed by atoms with E-state index in [1.54, 1.807) is 7.11 Å². The Balaban J connectivity index is 2.99. The Bertz CT molecular complexity index is 297. The molecule has 3 heteroatoms. The van der Waals surface area contributed by atoms with Gasteiger partial charge in [0, 0.05) is 6.54 Å². The first kappa shape index (κ1) is 11.0. The SMILES string of the molecule is COc1cc(CNO)ccc1C(C)C. The topological polar surface area (TPSA) is 41.5 Å². The number of benzene rings is 1. The number of rotatable bonds is 4. The van der Waals surface area contributed by atoms with Crippen LogP contribution in [0.3, 0.4) is 0 Å². The van der Waals surface area contributed by atoms with Crippen molar-refractivity contribution in [2.45, 2.75) is 26.3 Å². The summed E-state index contributed by atoms with van der Waals surface area (Å²) in [5.41, 5.74) is 4.33. The average molecular weight is 195 g/mol. The molecule has 0 aliphatic carbocycles. The van der Waals surface area contributed by atoms with Crippen molar-refractivity contribution in [1.82, 2.24) is 5.48 Å². The van der Waals surface area contributed by atoms with Gasteiger partial charge < -0.3 is 9.94 Å². The Morgan fingerprint density at radius 2 is 2.14 bits per heavy atom. The van der Waals surface area contributed by atoms with Crippen LogP contribution >= 0.6 is 0 Å².